The van der Waals surface area contributed by atoms with Crippen molar-refractivity contribution in [2.24, 2.45) is 0 Å². The number of aromatic amines is 1. The summed E-state index contributed by atoms with van der Waals surface area (Å²) in [5, 5.41) is 11.3. The molecular weight excluding hydrogens is 350 g/mol. The van der Waals surface area contributed by atoms with E-state index in [2.05, 4.69) is 70.0 Å². The normalized spacial score (nSPS) is 10.9. The molecule has 28 heavy (non-hydrogen) atoms. The lowest BCUT2D eigenvalue weighted by Crippen LogP contribution is -1.97. The third kappa shape index (κ3) is 3.97. The van der Waals surface area contributed by atoms with E-state index < -0.39 is 0 Å². The van der Waals surface area contributed by atoms with Gasteiger partial charge in [0.2, 0.25) is 0 Å². The van der Waals surface area contributed by atoms with Gasteiger partial charge in [0.25, 0.3) is 0 Å². The standard InChI is InChI=1S/C22H23N5O/c1-3-28-15-17-5-4-16(2)21(14-17)25-22-11-10-20(24-22)18-6-8-19(9-7-18)27-13-12-23-26-27/h4-14,24-25H,3,15H2,1-2H3. The van der Waals surface area contributed by atoms with E-state index in [9.17, 15) is 0 Å². The highest BCUT2D eigenvalue weighted by atomic mass is 16.5. The van der Waals surface area contributed by atoms with E-state index in [1.807, 2.05) is 25.3 Å². The van der Waals surface area contributed by atoms with Crippen molar-refractivity contribution >= 4 is 11.5 Å². The predicted octanol–water partition coefficient (Wildman–Crippen LogP) is 4.85. The summed E-state index contributed by atoms with van der Waals surface area (Å²) in [6, 6.07) is 18.7. The molecule has 0 saturated carbocycles. The molecule has 2 N–H and O–H groups in total. The van der Waals surface area contributed by atoms with E-state index in [1.165, 1.54) is 5.56 Å². The molecule has 6 nitrogen and oxygen atoms in total. The first-order valence-electron chi connectivity index (χ1n) is 9.33. The number of benzene rings is 2. The molecule has 4 aromatic rings. The number of ether oxygens (including phenoxy) is 1. The van der Waals surface area contributed by atoms with Crippen molar-refractivity contribution in [2.75, 3.05) is 11.9 Å². The van der Waals surface area contributed by atoms with Crippen molar-refractivity contribution in [2.45, 2.75) is 20.5 Å². The molecule has 0 atom stereocenters. The van der Waals surface area contributed by atoms with Crippen molar-refractivity contribution in [1.82, 2.24) is 20.0 Å². The van der Waals surface area contributed by atoms with Crippen LogP contribution in [0.15, 0.2) is 67.0 Å². The Kier molecular flexibility index (Phi) is 5.21. The first kappa shape index (κ1) is 18.0. The molecule has 0 spiro atoms. The molecule has 0 aliphatic carbocycles. The van der Waals surface area contributed by atoms with Crippen LogP contribution in [0, 0.1) is 6.92 Å². The van der Waals surface area contributed by atoms with Crippen LogP contribution in [0.25, 0.3) is 16.9 Å². The van der Waals surface area contributed by atoms with Gasteiger partial charge in [-0.3, -0.25) is 0 Å². The van der Waals surface area contributed by atoms with Crippen LogP contribution in [0.3, 0.4) is 0 Å². The fraction of sp³-hybridized carbons (Fsp3) is 0.182. The average Bonchev–Trinajstić information content (AvgIpc) is 3.41. The van der Waals surface area contributed by atoms with Crippen LogP contribution < -0.4 is 5.32 Å². The summed E-state index contributed by atoms with van der Waals surface area (Å²) in [4.78, 5) is 3.44. The molecule has 0 radical (unpaired) electrons. The van der Waals surface area contributed by atoms with Gasteiger partial charge in [0.15, 0.2) is 0 Å². The van der Waals surface area contributed by atoms with Crippen molar-refractivity contribution in [3.63, 3.8) is 0 Å². The lowest BCUT2D eigenvalue weighted by Gasteiger charge is -2.11. The smallest absolute Gasteiger partial charge is 0.108 e. The Morgan fingerprint density at radius 1 is 1.07 bits per heavy atom. The molecule has 2 aromatic heterocycles. The fourth-order valence-corrected chi connectivity index (χ4v) is 3.03. The lowest BCUT2D eigenvalue weighted by molar-refractivity contribution is 0.134. The maximum atomic E-state index is 5.52. The lowest BCUT2D eigenvalue weighted by atomic mass is 10.1. The van der Waals surface area contributed by atoms with Crippen LogP contribution >= 0.6 is 0 Å². The Labute approximate surface area is 164 Å². The summed E-state index contributed by atoms with van der Waals surface area (Å²) in [6.07, 6.45) is 3.50. The third-order valence-corrected chi connectivity index (χ3v) is 4.60. The quantitative estimate of drug-likeness (QED) is 0.486. The number of rotatable bonds is 7. The number of hydrogen-bond donors (Lipinski definition) is 2. The maximum Gasteiger partial charge on any atom is 0.108 e. The number of aryl methyl sites for hydroxylation is 1. The van der Waals surface area contributed by atoms with Crippen molar-refractivity contribution in [3.05, 3.63) is 78.1 Å². The van der Waals surface area contributed by atoms with Gasteiger partial charge >= 0.3 is 0 Å². The molecule has 2 aromatic carbocycles. The summed E-state index contributed by atoms with van der Waals surface area (Å²) < 4.78 is 7.26. The summed E-state index contributed by atoms with van der Waals surface area (Å²) in [5.74, 6) is 0.951. The minimum absolute atomic E-state index is 0.625. The maximum absolute atomic E-state index is 5.52. The molecule has 4 rings (SSSR count). The van der Waals surface area contributed by atoms with Gasteiger partial charge in [-0.1, -0.05) is 29.5 Å². The highest BCUT2D eigenvalue weighted by Gasteiger charge is 2.06. The fourth-order valence-electron chi connectivity index (χ4n) is 3.03. The van der Waals surface area contributed by atoms with Crippen LogP contribution in [-0.4, -0.2) is 26.6 Å². The SMILES string of the molecule is CCOCc1ccc(C)c(Nc2ccc(-c3ccc(-n4ccnn4)cc3)[nH]2)c1. The van der Waals surface area contributed by atoms with Crippen LogP contribution in [0.2, 0.25) is 0 Å². The van der Waals surface area contributed by atoms with Gasteiger partial charge in [-0.25, -0.2) is 4.68 Å². The second kappa shape index (κ2) is 8.10. The highest BCUT2D eigenvalue weighted by Crippen LogP contribution is 2.26. The molecular formula is C22H23N5O. The number of nitrogens with zero attached hydrogens (tertiary/aromatic N) is 3. The van der Waals surface area contributed by atoms with Crippen molar-refractivity contribution < 1.29 is 4.74 Å². The molecule has 0 amide bonds. The number of nitrogens with one attached hydrogen (secondary N) is 2. The summed E-state index contributed by atoms with van der Waals surface area (Å²) in [7, 11) is 0. The average molecular weight is 373 g/mol. The number of hydrogen-bond acceptors (Lipinski definition) is 4. The molecule has 2 heterocycles. The molecule has 142 valence electrons. The second-order valence-electron chi connectivity index (χ2n) is 6.59. The van der Waals surface area contributed by atoms with Gasteiger partial charge in [-0.05, 0) is 60.9 Å². The predicted molar refractivity (Wildman–Crippen MR) is 111 cm³/mol. The van der Waals surface area contributed by atoms with Crippen LogP contribution in [-0.2, 0) is 11.3 Å². The van der Waals surface area contributed by atoms with E-state index in [4.69, 9.17) is 4.74 Å². The number of aromatic nitrogens is 4. The van der Waals surface area contributed by atoms with Crippen LogP contribution in [0.4, 0.5) is 11.5 Å². The van der Waals surface area contributed by atoms with E-state index in [1.54, 1.807) is 10.9 Å². The Balaban J connectivity index is 1.50. The summed E-state index contributed by atoms with van der Waals surface area (Å²) in [6.45, 7) is 5.44. The van der Waals surface area contributed by atoms with E-state index >= 15 is 0 Å². The Morgan fingerprint density at radius 3 is 2.68 bits per heavy atom. The van der Waals surface area contributed by atoms with Crippen molar-refractivity contribution in [3.8, 4) is 16.9 Å². The highest BCUT2D eigenvalue weighted by molar-refractivity contribution is 5.68. The minimum atomic E-state index is 0.625. The van der Waals surface area contributed by atoms with Crippen LogP contribution in [0.1, 0.15) is 18.1 Å². The van der Waals surface area contributed by atoms with Crippen molar-refractivity contribution in [1.29, 1.82) is 0 Å². The minimum Gasteiger partial charge on any atom is -0.377 e. The van der Waals surface area contributed by atoms with Gasteiger partial charge in [0.05, 0.1) is 24.7 Å². The number of anilines is 2. The van der Waals surface area contributed by atoms with Gasteiger partial charge in [0.1, 0.15) is 5.82 Å². The Morgan fingerprint density at radius 2 is 1.93 bits per heavy atom. The summed E-state index contributed by atoms with van der Waals surface area (Å²) >= 11 is 0. The largest absolute Gasteiger partial charge is 0.377 e. The van der Waals surface area contributed by atoms with Gasteiger partial charge in [-0.15, -0.1) is 5.10 Å². The van der Waals surface area contributed by atoms with Gasteiger partial charge < -0.3 is 15.0 Å². The third-order valence-electron chi connectivity index (χ3n) is 4.60. The molecule has 0 fully saturated rings. The zero-order valence-corrected chi connectivity index (χ0v) is 16.0. The zero-order chi connectivity index (χ0) is 19.3. The first-order valence-corrected chi connectivity index (χ1v) is 9.33. The van der Waals surface area contributed by atoms with Crippen LogP contribution in [0.5, 0.6) is 0 Å². The molecule has 0 bridgehead atoms. The second-order valence-corrected chi connectivity index (χ2v) is 6.59. The van der Waals surface area contributed by atoms with Gasteiger partial charge in [-0.2, -0.15) is 0 Å². The van der Waals surface area contributed by atoms with E-state index in [-0.39, 0.29) is 0 Å². The topological polar surface area (TPSA) is 67.8 Å². The molecule has 0 aliphatic rings. The zero-order valence-electron chi connectivity index (χ0n) is 16.0. The molecule has 0 saturated heterocycles. The molecule has 0 aliphatic heterocycles. The Hall–Kier alpha value is -3.38. The molecule has 0 unspecified atom stereocenters. The Bertz CT molecular complexity index is 1040. The number of H-pyrrole nitrogens is 1. The monoisotopic (exact) mass is 373 g/mol. The molecule has 6 heteroatoms. The first-order chi connectivity index (χ1) is 13.7. The van der Waals surface area contributed by atoms with Gasteiger partial charge in [0, 0.05) is 18.0 Å². The van der Waals surface area contributed by atoms with E-state index in [0.29, 0.717) is 13.2 Å². The van der Waals surface area contributed by atoms with E-state index in [0.717, 1.165) is 34.0 Å². The summed E-state index contributed by atoms with van der Waals surface area (Å²) in [5.41, 5.74) is 6.56.